The van der Waals surface area contributed by atoms with Crippen LogP contribution < -0.4 is 4.90 Å². The Morgan fingerprint density at radius 2 is 1.91 bits per heavy atom. The normalized spacial score (nSPS) is 17.2. The van der Waals surface area contributed by atoms with Gasteiger partial charge < -0.3 is 4.57 Å². The molecule has 3 heterocycles. The minimum absolute atomic E-state index is 0.0969. The fourth-order valence-corrected chi connectivity index (χ4v) is 7.22. The van der Waals surface area contributed by atoms with E-state index in [4.69, 9.17) is 12.2 Å². The molecular weight excluding hydrogens is 454 g/mol. The molecule has 1 aliphatic heterocycles. The van der Waals surface area contributed by atoms with Crippen LogP contribution in [0.15, 0.2) is 41.3 Å². The Balaban J connectivity index is 1.54. The number of benzene rings is 1. The number of carbonyl (C=O) groups is 1. The number of para-hydroxylation sites is 1. The third-order valence-corrected chi connectivity index (χ3v) is 8.61. The van der Waals surface area contributed by atoms with Gasteiger partial charge in [0.15, 0.2) is 4.32 Å². The van der Waals surface area contributed by atoms with E-state index in [-0.39, 0.29) is 5.91 Å². The maximum Gasteiger partial charge on any atom is 0.270 e. The zero-order valence-electron chi connectivity index (χ0n) is 17.8. The first-order chi connectivity index (χ1) is 15.5. The quantitative estimate of drug-likeness (QED) is 0.329. The first-order valence-electron chi connectivity index (χ1n) is 10.6. The lowest BCUT2D eigenvalue weighted by atomic mass is 9.96. The standard InChI is InChI=1S/C25H21N3OS3/c1-15-12-17(13-22-23(29)28(25(30)32-22)18-8-4-3-5-9-18)16(2)27(15)24-20(14-26)19-10-6-7-11-21(19)31-24/h3-5,8-9,12-13H,6-7,10-11H2,1-2H3/b22-13+. The molecule has 0 unspecified atom stereocenters. The van der Waals surface area contributed by atoms with Gasteiger partial charge >= 0.3 is 0 Å². The molecule has 0 saturated carbocycles. The van der Waals surface area contributed by atoms with E-state index in [9.17, 15) is 10.1 Å². The number of anilines is 1. The fraction of sp³-hybridized carbons (Fsp3) is 0.240. The summed E-state index contributed by atoms with van der Waals surface area (Å²) in [7, 11) is 0. The first kappa shape index (κ1) is 21.2. The Hall–Kier alpha value is -2.66. The van der Waals surface area contributed by atoms with E-state index in [2.05, 4.69) is 30.6 Å². The number of rotatable bonds is 3. The van der Waals surface area contributed by atoms with Gasteiger partial charge in [-0.2, -0.15) is 5.26 Å². The van der Waals surface area contributed by atoms with E-state index in [1.54, 1.807) is 16.2 Å². The van der Waals surface area contributed by atoms with E-state index in [1.165, 1.54) is 28.6 Å². The molecule has 3 aromatic rings. The summed E-state index contributed by atoms with van der Waals surface area (Å²) in [5, 5.41) is 10.9. The molecule has 7 heteroatoms. The zero-order valence-corrected chi connectivity index (χ0v) is 20.3. The number of hydrogen-bond donors (Lipinski definition) is 0. The smallest absolute Gasteiger partial charge is 0.270 e. The molecular formula is C25H21N3OS3. The predicted molar refractivity (Wildman–Crippen MR) is 137 cm³/mol. The number of carbonyl (C=O) groups excluding carboxylic acids is 1. The molecule has 1 saturated heterocycles. The van der Waals surface area contributed by atoms with Crippen molar-refractivity contribution in [2.75, 3.05) is 4.90 Å². The van der Waals surface area contributed by atoms with Crippen LogP contribution in [0, 0.1) is 25.2 Å². The number of nitriles is 1. The Bertz CT molecular complexity index is 1320. The topological polar surface area (TPSA) is 49.0 Å². The van der Waals surface area contributed by atoms with Gasteiger partial charge in [-0.3, -0.25) is 9.69 Å². The summed E-state index contributed by atoms with van der Waals surface area (Å²) in [5.74, 6) is -0.0969. The van der Waals surface area contributed by atoms with Crippen LogP contribution in [0.2, 0.25) is 0 Å². The number of thiocarbonyl (C=S) groups is 1. The van der Waals surface area contributed by atoms with Gasteiger partial charge in [0.1, 0.15) is 11.1 Å². The molecule has 0 radical (unpaired) electrons. The summed E-state index contributed by atoms with van der Waals surface area (Å²) < 4.78 is 2.71. The molecule has 1 amide bonds. The molecule has 0 atom stereocenters. The molecule has 2 aromatic heterocycles. The Kier molecular flexibility index (Phi) is 5.54. The Morgan fingerprint density at radius 3 is 2.66 bits per heavy atom. The average molecular weight is 476 g/mol. The van der Waals surface area contributed by atoms with Crippen LogP contribution >= 0.6 is 35.3 Å². The highest BCUT2D eigenvalue weighted by Gasteiger charge is 2.33. The second-order valence-electron chi connectivity index (χ2n) is 8.02. The van der Waals surface area contributed by atoms with Crippen LogP contribution in [0.25, 0.3) is 11.1 Å². The number of fused-ring (bicyclic) bond motifs is 1. The van der Waals surface area contributed by atoms with Crippen molar-refractivity contribution in [1.29, 1.82) is 5.26 Å². The average Bonchev–Trinajstić information content (AvgIpc) is 3.39. The number of amides is 1. The lowest BCUT2D eigenvalue weighted by Crippen LogP contribution is -2.27. The van der Waals surface area contributed by atoms with Crippen LogP contribution in [-0.4, -0.2) is 14.8 Å². The van der Waals surface area contributed by atoms with Gasteiger partial charge in [0.05, 0.1) is 16.2 Å². The molecule has 32 heavy (non-hydrogen) atoms. The number of hydrogen-bond acceptors (Lipinski definition) is 5. The number of aryl methyl sites for hydroxylation is 2. The minimum atomic E-state index is -0.0969. The van der Waals surface area contributed by atoms with Crippen LogP contribution in [0.4, 0.5) is 5.69 Å². The Morgan fingerprint density at radius 1 is 1.16 bits per heavy atom. The summed E-state index contributed by atoms with van der Waals surface area (Å²) in [4.78, 5) is 16.7. The van der Waals surface area contributed by atoms with Crippen molar-refractivity contribution in [3.63, 3.8) is 0 Å². The molecule has 1 aromatic carbocycles. The van der Waals surface area contributed by atoms with Crippen molar-refractivity contribution in [3.8, 4) is 11.1 Å². The van der Waals surface area contributed by atoms with Gasteiger partial charge in [0.2, 0.25) is 0 Å². The highest BCUT2D eigenvalue weighted by molar-refractivity contribution is 8.27. The van der Waals surface area contributed by atoms with E-state index in [0.717, 1.165) is 52.5 Å². The predicted octanol–water partition coefficient (Wildman–Crippen LogP) is 6.31. The maximum absolute atomic E-state index is 13.1. The number of aromatic nitrogens is 1. The molecule has 1 fully saturated rings. The minimum Gasteiger partial charge on any atom is -0.308 e. The number of thiophene rings is 1. The molecule has 2 aliphatic rings. The lowest BCUT2D eigenvalue weighted by molar-refractivity contribution is -0.113. The Labute approximate surface area is 201 Å². The lowest BCUT2D eigenvalue weighted by Gasteiger charge is -2.13. The van der Waals surface area contributed by atoms with Gasteiger partial charge in [-0.15, -0.1) is 11.3 Å². The van der Waals surface area contributed by atoms with E-state index >= 15 is 0 Å². The summed E-state index contributed by atoms with van der Waals surface area (Å²) in [6, 6.07) is 14.1. The number of thioether (sulfide) groups is 1. The molecule has 0 N–H and O–H groups in total. The molecule has 0 spiro atoms. The molecule has 5 rings (SSSR count). The monoisotopic (exact) mass is 475 g/mol. The highest BCUT2D eigenvalue weighted by atomic mass is 32.2. The summed E-state index contributed by atoms with van der Waals surface area (Å²) in [6.07, 6.45) is 6.32. The second-order valence-corrected chi connectivity index (χ2v) is 10.8. The fourth-order valence-electron chi connectivity index (χ4n) is 4.48. The SMILES string of the molecule is Cc1cc(/C=C2/SC(=S)N(c3ccccc3)C2=O)c(C)n1-c1sc2c(c1C#N)CCCC2. The van der Waals surface area contributed by atoms with Crippen molar-refractivity contribution in [2.24, 2.45) is 0 Å². The van der Waals surface area contributed by atoms with Gasteiger partial charge in [0.25, 0.3) is 5.91 Å². The highest BCUT2D eigenvalue weighted by Crippen LogP contribution is 2.40. The van der Waals surface area contributed by atoms with Crippen molar-refractivity contribution < 1.29 is 4.79 Å². The van der Waals surface area contributed by atoms with Crippen molar-refractivity contribution >= 4 is 57.3 Å². The van der Waals surface area contributed by atoms with Crippen LogP contribution in [0.5, 0.6) is 0 Å². The van der Waals surface area contributed by atoms with Gasteiger partial charge in [0, 0.05) is 16.3 Å². The summed E-state index contributed by atoms with van der Waals surface area (Å²) >= 11 is 8.58. The van der Waals surface area contributed by atoms with Crippen LogP contribution in [0.1, 0.15) is 45.8 Å². The summed E-state index contributed by atoms with van der Waals surface area (Å²) in [5.41, 5.74) is 5.90. The van der Waals surface area contributed by atoms with E-state index in [1.807, 2.05) is 36.4 Å². The number of nitrogens with zero attached hydrogens (tertiary/aromatic N) is 3. The van der Waals surface area contributed by atoms with Crippen LogP contribution in [-0.2, 0) is 17.6 Å². The first-order valence-corrected chi connectivity index (χ1v) is 12.6. The summed E-state index contributed by atoms with van der Waals surface area (Å²) in [6.45, 7) is 4.11. The zero-order chi connectivity index (χ0) is 22.4. The van der Waals surface area contributed by atoms with E-state index < -0.39 is 0 Å². The largest absolute Gasteiger partial charge is 0.308 e. The van der Waals surface area contributed by atoms with Crippen molar-refractivity contribution in [3.05, 3.63) is 74.3 Å². The van der Waals surface area contributed by atoms with Crippen LogP contribution in [0.3, 0.4) is 0 Å². The van der Waals surface area contributed by atoms with Gasteiger partial charge in [-0.25, -0.2) is 0 Å². The molecule has 160 valence electrons. The third kappa shape index (κ3) is 3.43. The molecule has 1 aliphatic carbocycles. The van der Waals surface area contributed by atoms with E-state index in [0.29, 0.717) is 9.23 Å². The molecule has 0 bridgehead atoms. The second kappa shape index (κ2) is 8.36. The van der Waals surface area contributed by atoms with Gasteiger partial charge in [-0.1, -0.05) is 42.2 Å². The third-order valence-electron chi connectivity index (χ3n) is 6.03. The van der Waals surface area contributed by atoms with Crippen molar-refractivity contribution in [2.45, 2.75) is 39.5 Å². The molecule has 4 nitrogen and oxygen atoms in total. The maximum atomic E-state index is 13.1. The van der Waals surface area contributed by atoms with Crippen molar-refractivity contribution in [1.82, 2.24) is 4.57 Å². The van der Waals surface area contributed by atoms with Gasteiger partial charge in [-0.05, 0) is 74.9 Å².